The molecule has 0 bridgehead atoms. The zero-order chi connectivity index (χ0) is 21.4. The van der Waals surface area contributed by atoms with Crippen LogP contribution < -0.4 is 10.6 Å². The lowest BCUT2D eigenvalue weighted by Crippen LogP contribution is -2.31. The van der Waals surface area contributed by atoms with Gasteiger partial charge in [0.2, 0.25) is 11.0 Å². The lowest BCUT2D eigenvalue weighted by atomic mass is 10.1. The number of thioether (sulfide) groups is 1. The van der Waals surface area contributed by atoms with Gasteiger partial charge in [-0.05, 0) is 19.9 Å². The number of esters is 1. The van der Waals surface area contributed by atoms with Crippen LogP contribution in [-0.2, 0) is 14.3 Å². The van der Waals surface area contributed by atoms with Crippen LogP contribution in [0.15, 0.2) is 22.5 Å². The van der Waals surface area contributed by atoms with Gasteiger partial charge >= 0.3 is 5.97 Å². The van der Waals surface area contributed by atoms with Crippen molar-refractivity contribution in [3.8, 4) is 0 Å². The largest absolute Gasteiger partial charge is 0.465 e. The Morgan fingerprint density at radius 2 is 2.07 bits per heavy atom. The fourth-order valence-electron chi connectivity index (χ4n) is 2.00. The Balaban J connectivity index is 1.88. The van der Waals surface area contributed by atoms with Crippen molar-refractivity contribution >= 4 is 51.7 Å². The Labute approximate surface area is 173 Å². The molecule has 29 heavy (non-hydrogen) atoms. The Hall–Kier alpha value is -3.06. The quantitative estimate of drug-likeness (QED) is 0.196. The maximum Gasteiger partial charge on any atom is 0.325 e. The van der Waals surface area contributed by atoms with Crippen molar-refractivity contribution < 1.29 is 24.0 Å². The van der Waals surface area contributed by atoms with Gasteiger partial charge in [0.15, 0.2) is 4.34 Å². The number of carbonyl (C=O) groups excluding carboxylic acids is 3. The molecule has 0 radical (unpaired) electrons. The lowest BCUT2D eigenvalue weighted by Gasteiger charge is -2.03. The summed E-state index contributed by atoms with van der Waals surface area (Å²) in [5.41, 5.74) is 0.410. The molecule has 0 unspecified atom stereocenters. The van der Waals surface area contributed by atoms with E-state index in [0.717, 1.165) is 23.1 Å². The third-order valence-electron chi connectivity index (χ3n) is 3.36. The zero-order valence-electron chi connectivity index (χ0n) is 15.5. The van der Waals surface area contributed by atoms with E-state index in [1.807, 2.05) is 0 Å². The molecule has 154 valence electrons. The number of carbonyl (C=O) groups is 3. The molecule has 2 amide bonds. The minimum atomic E-state index is -0.562. The monoisotopic (exact) mass is 439 g/mol. The molecule has 1 aromatic heterocycles. The topological polar surface area (TPSA) is 153 Å². The van der Waals surface area contributed by atoms with Gasteiger partial charge in [0.05, 0.1) is 17.3 Å². The number of anilines is 1. The molecule has 2 aromatic rings. The Morgan fingerprint density at radius 1 is 1.31 bits per heavy atom. The molecule has 13 heteroatoms. The molecular formula is C16H17N5O6S2. The van der Waals surface area contributed by atoms with Gasteiger partial charge in [0, 0.05) is 17.2 Å². The number of nitrogens with zero attached hydrogens (tertiary/aromatic N) is 3. The van der Waals surface area contributed by atoms with Gasteiger partial charge in [-0.15, -0.1) is 10.2 Å². The van der Waals surface area contributed by atoms with Crippen LogP contribution in [0.4, 0.5) is 10.8 Å². The minimum absolute atomic E-state index is 0.00609. The van der Waals surface area contributed by atoms with E-state index in [1.165, 1.54) is 18.2 Å². The van der Waals surface area contributed by atoms with Gasteiger partial charge in [-0.3, -0.25) is 29.8 Å². The molecule has 0 fully saturated rings. The molecule has 1 heterocycles. The third kappa shape index (κ3) is 6.80. The van der Waals surface area contributed by atoms with Crippen LogP contribution in [-0.4, -0.2) is 51.8 Å². The van der Waals surface area contributed by atoms with Crippen molar-refractivity contribution in [2.45, 2.75) is 18.2 Å². The Morgan fingerprint density at radius 3 is 2.76 bits per heavy atom. The van der Waals surface area contributed by atoms with Crippen LogP contribution in [0.3, 0.4) is 0 Å². The first-order chi connectivity index (χ1) is 13.8. The van der Waals surface area contributed by atoms with E-state index in [0.29, 0.717) is 9.90 Å². The average molecular weight is 439 g/mol. The Bertz CT molecular complexity index is 932. The number of ether oxygens (including phenoxy) is 1. The number of aryl methyl sites for hydroxylation is 1. The zero-order valence-corrected chi connectivity index (χ0v) is 17.1. The van der Waals surface area contributed by atoms with Crippen molar-refractivity contribution in [3.63, 3.8) is 0 Å². The number of rotatable bonds is 9. The lowest BCUT2D eigenvalue weighted by molar-refractivity contribution is -0.385. The standard InChI is InChI=1S/C16H17N5O6S2/c1-3-27-13(23)7-17-12(22)8-28-16-20-19-15(29-16)18-14(24)10-5-4-9(2)11(6-10)21(25)26/h4-6H,3,7-8H2,1-2H3,(H,17,22)(H,18,19,24). The van der Waals surface area contributed by atoms with E-state index in [9.17, 15) is 24.5 Å². The molecule has 2 N–H and O–H groups in total. The summed E-state index contributed by atoms with van der Waals surface area (Å²) in [5, 5.41) is 23.8. The minimum Gasteiger partial charge on any atom is -0.465 e. The van der Waals surface area contributed by atoms with Gasteiger partial charge in [-0.1, -0.05) is 29.2 Å². The molecule has 2 rings (SSSR count). The van der Waals surface area contributed by atoms with E-state index in [1.54, 1.807) is 13.8 Å². The Kier molecular flexibility index (Phi) is 8.03. The van der Waals surface area contributed by atoms with Gasteiger partial charge in [-0.25, -0.2) is 0 Å². The van der Waals surface area contributed by atoms with Crippen LogP contribution in [0, 0.1) is 17.0 Å². The number of hydrogen-bond acceptors (Lipinski definition) is 10. The highest BCUT2D eigenvalue weighted by atomic mass is 32.2. The van der Waals surface area contributed by atoms with Gasteiger partial charge in [-0.2, -0.15) is 0 Å². The summed E-state index contributed by atoms with van der Waals surface area (Å²) in [4.78, 5) is 45.6. The predicted molar refractivity (Wildman–Crippen MR) is 106 cm³/mol. The number of aromatic nitrogens is 2. The highest BCUT2D eigenvalue weighted by molar-refractivity contribution is 8.01. The number of nitro groups is 1. The second-order valence-corrected chi connectivity index (χ2v) is 7.66. The summed E-state index contributed by atoms with van der Waals surface area (Å²) in [6, 6.07) is 4.15. The molecular weight excluding hydrogens is 422 g/mol. The number of amides is 2. The molecule has 0 aliphatic carbocycles. The molecule has 0 aliphatic rings. The van der Waals surface area contributed by atoms with Gasteiger partial charge in [0.25, 0.3) is 11.6 Å². The van der Waals surface area contributed by atoms with E-state index in [4.69, 9.17) is 4.74 Å². The predicted octanol–water partition coefficient (Wildman–Crippen LogP) is 1.78. The molecule has 0 atom stereocenters. The summed E-state index contributed by atoms with van der Waals surface area (Å²) in [6.45, 7) is 3.27. The fraction of sp³-hybridized carbons (Fsp3) is 0.312. The summed E-state index contributed by atoms with van der Waals surface area (Å²) in [6.07, 6.45) is 0. The van der Waals surface area contributed by atoms with Crippen LogP contribution in [0.5, 0.6) is 0 Å². The van der Waals surface area contributed by atoms with Crippen molar-refractivity contribution in [1.82, 2.24) is 15.5 Å². The van der Waals surface area contributed by atoms with Crippen LogP contribution in [0.25, 0.3) is 0 Å². The molecule has 0 saturated carbocycles. The second kappa shape index (κ2) is 10.5. The van der Waals surface area contributed by atoms with E-state index < -0.39 is 16.8 Å². The summed E-state index contributed by atoms with van der Waals surface area (Å²) in [7, 11) is 0. The number of nitro benzene ring substituents is 1. The number of nitrogens with one attached hydrogen (secondary N) is 2. The van der Waals surface area contributed by atoms with Crippen molar-refractivity contribution in [2.75, 3.05) is 24.2 Å². The molecule has 0 saturated heterocycles. The second-order valence-electron chi connectivity index (χ2n) is 5.46. The fourth-order valence-corrected chi connectivity index (χ4v) is 3.57. The first-order valence-corrected chi connectivity index (χ1v) is 10.1. The van der Waals surface area contributed by atoms with Gasteiger partial charge < -0.3 is 10.1 Å². The first kappa shape index (κ1) is 22.2. The normalized spacial score (nSPS) is 10.3. The van der Waals surface area contributed by atoms with Crippen LogP contribution in [0.2, 0.25) is 0 Å². The van der Waals surface area contributed by atoms with E-state index >= 15 is 0 Å². The molecule has 0 aliphatic heterocycles. The maximum atomic E-state index is 12.3. The highest BCUT2D eigenvalue weighted by Gasteiger charge is 2.17. The van der Waals surface area contributed by atoms with Crippen molar-refractivity contribution in [3.05, 3.63) is 39.4 Å². The van der Waals surface area contributed by atoms with Gasteiger partial charge in [0.1, 0.15) is 6.54 Å². The SMILES string of the molecule is CCOC(=O)CNC(=O)CSc1nnc(NC(=O)c2ccc(C)c([N+](=O)[O-])c2)s1. The summed E-state index contributed by atoms with van der Waals surface area (Å²) in [5.74, 6) is -1.46. The smallest absolute Gasteiger partial charge is 0.325 e. The molecule has 11 nitrogen and oxygen atoms in total. The van der Waals surface area contributed by atoms with E-state index in [-0.39, 0.29) is 41.2 Å². The summed E-state index contributed by atoms with van der Waals surface area (Å²) >= 11 is 2.13. The maximum absolute atomic E-state index is 12.3. The molecule has 1 aromatic carbocycles. The average Bonchev–Trinajstić information content (AvgIpc) is 3.12. The first-order valence-electron chi connectivity index (χ1n) is 8.25. The van der Waals surface area contributed by atoms with Crippen molar-refractivity contribution in [1.29, 1.82) is 0 Å². The highest BCUT2D eigenvalue weighted by Crippen LogP contribution is 2.26. The number of hydrogen-bond donors (Lipinski definition) is 2. The van der Waals surface area contributed by atoms with Crippen molar-refractivity contribution in [2.24, 2.45) is 0 Å². The van der Waals surface area contributed by atoms with E-state index in [2.05, 4.69) is 20.8 Å². The van der Waals surface area contributed by atoms with Crippen LogP contribution >= 0.6 is 23.1 Å². The summed E-state index contributed by atoms with van der Waals surface area (Å²) < 4.78 is 5.13. The van der Waals surface area contributed by atoms with Crippen LogP contribution in [0.1, 0.15) is 22.8 Å². The number of benzene rings is 1. The third-order valence-corrected chi connectivity index (χ3v) is 5.33. The molecule has 0 spiro atoms.